The van der Waals surface area contributed by atoms with Gasteiger partial charge in [-0.3, -0.25) is 0 Å². The number of hydrogen-bond acceptors (Lipinski definition) is 3. The van der Waals surface area contributed by atoms with Gasteiger partial charge in [-0.05, 0) is 12.3 Å². The predicted octanol–water partition coefficient (Wildman–Crippen LogP) is 3.78. The molecule has 0 aliphatic carbocycles. The van der Waals surface area contributed by atoms with Crippen molar-refractivity contribution in [2.45, 2.75) is 38.8 Å². The van der Waals surface area contributed by atoms with E-state index in [1.165, 1.54) is 11.3 Å². The first kappa shape index (κ1) is 14.4. The quantitative estimate of drug-likeness (QED) is 0.732. The van der Waals surface area contributed by atoms with Gasteiger partial charge in [-0.1, -0.05) is 13.8 Å². The van der Waals surface area contributed by atoms with E-state index in [-0.39, 0.29) is 6.61 Å². The minimum Gasteiger partial charge on any atom is -0.372 e. The van der Waals surface area contributed by atoms with Gasteiger partial charge in [0.05, 0.1) is 17.3 Å². The largest absolute Gasteiger partial charge is 0.411 e. The molecule has 0 bridgehead atoms. The van der Waals surface area contributed by atoms with Gasteiger partial charge in [-0.2, -0.15) is 13.2 Å². The van der Waals surface area contributed by atoms with Crippen molar-refractivity contribution in [2.75, 3.05) is 13.2 Å². The first-order valence-corrected chi connectivity index (χ1v) is 6.39. The van der Waals surface area contributed by atoms with Crippen LogP contribution >= 0.6 is 11.3 Å². The fourth-order valence-corrected chi connectivity index (χ4v) is 2.12. The standard InChI is InChI=1S/C11H16F3NOS/c1-3-8(2)9-6-17-10(15-9)4-5-16-7-11(12,13)14/h6,8H,3-5,7H2,1-2H3. The number of aromatic nitrogens is 1. The van der Waals surface area contributed by atoms with Crippen LogP contribution in [0.15, 0.2) is 5.38 Å². The summed E-state index contributed by atoms with van der Waals surface area (Å²) in [6.07, 6.45) is -2.80. The zero-order valence-electron chi connectivity index (χ0n) is 9.88. The fraction of sp³-hybridized carbons (Fsp3) is 0.727. The van der Waals surface area contributed by atoms with Crippen LogP contribution in [0.5, 0.6) is 0 Å². The van der Waals surface area contributed by atoms with Crippen molar-refractivity contribution in [1.82, 2.24) is 4.98 Å². The van der Waals surface area contributed by atoms with Crippen molar-refractivity contribution < 1.29 is 17.9 Å². The molecular weight excluding hydrogens is 251 g/mol. The molecule has 0 aromatic carbocycles. The summed E-state index contributed by atoms with van der Waals surface area (Å²) in [7, 11) is 0. The molecule has 0 amide bonds. The lowest BCUT2D eigenvalue weighted by Crippen LogP contribution is -2.17. The molecule has 0 saturated carbocycles. The van der Waals surface area contributed by atoms with Gasteiger partial charge in [0.1, 0.15) is 6.61 Å². The van der Waals surface area contributed by atoms with Crippen LogP contribution in [0.25, 0.3) is 0 Å². The summed E-state index contributed by atoms with van der Waals surface area (Å²) in [5.41, 5.74) is 1.02. The molecule has 1 aromatic rings. The molecule has 0 N–H and O–H groups in total. The van der Waals surface area contributed by atoms with E-state index in [0.717, 1.165) is 17.1 Å². The van der Waals surface area contributed by atoms with Crippen LogP contribution in [0, 0.1) is 0 Å². The topological polar surface area (TPSA) is 22.1 Å². The molecule has 1 aromatic heterocycles. The monoisotopic (exact) mass is 267 g/mol. The third-order valence-electron chi connectivity index (χ3n) is 2.41. The Morgan fingerprint density at radius 1 is 1.47 bits per heavy atom. The second-order valence-corrected chi connectivity index (χ2v) is 4.84. The SMILES string of the molecule is CCC(C)c1csc(CCOCC(F)(F)F)n1. The van der Waals surface area contributed by atoms with Crippen LogP contribution in [0.2, 0.25) is 0 Å². The van der Waals surface area contributed by atoms with Crippen molar-refractivity contribution in [3.05, 3.63) is 16.1 Å². The van der Waals surface area contributed by atoms with Crippen molar-refractivity contribution in [1.29, 1.82) is 0 Å². The Hall–Kier alpha value is -0.620. The highest BCUT2D eigenvalue weighted by atomic mass is 32.1. The van der Waals surface area contributed by atoms with E-state index in [1.807, 2.05) is 5.38 Å². The van der Waals surface area contributed by atoms with Gasteiger partial charge in [-0.25, -0.2) is 4.98 Å². The Balaban J connectivity index is 2.30. The van der Waals surface area contributed by atoms with E-state index in [4.69, 9.17) is 0 Å². The molecule has 0 fully saturated rings. The zero-order valence-corrected chi connectivity index (χ0v) is 10.7. The maximum Gasteiger partial charge on any atom is 0.411 e. The minimum atomic E-state index is -4.25. The molecule has 6 heteroatoms. The summed E-state index contributed by atoms with van der Waals surface area (Å²) in [4.78, 5) is 4.37. The van der Waals surface area contributed by atoms with Crippen LogP contribution < -0.4 is 0 Å². The highest BCUT2D eigenvalue weighted by Gasteiger charge is 2.27. The maximum absolute atomic E-state index is 11.8. The van der Waals surface area contributed by atoms with E-state index < -0.39 is 12.8 Å². The number of halogens is 3. The zero-order chi connectivity index (χ0) is 12.9. The highest BCUT2D eigenvalue weighted by molar-refractivity contribution is 7.09. The number of rotatable bonds is 6. The lowest BCUT2D eigenvalue weighted by atomic mass is 10.1. The van der Waals surface area contributed by atoms with E-state index in [0.29, 0.717) is 12.3 Å². The van der Waals surface area contributed by atoms with Crippen LogP contribution in [0.4, 0.5) is 13.2 Å². The minimum absolute atomic E-state index is 0.0625. The Kier molecular flexibility index (Phi) is 5.39. The smallest absolute Gasteiger partial charge is 0.372 e. The molecule has 0 radical (unpaired) electrons. The molecule has 1 heterocycles. The summed E-state index contributed by atoms with van der Waals surface area (Å²) >= 11 is 1.48. The molecule has 0 spiro atoms. The van der Waals surface area contributed by atoms with Gasteiger partial charge in [0.15, 0.2) is 0 Å². The molecule has 98 valence electrons. The van der Waals surface area contributed by atoms with Crippen molar-refractivity contribution in [2.24, 2.45) is 0 Å². The Labute approximate surface area is 103 Å². The second kappa shape index (κ2) is 6.35. The van der Waals surface area contributed by atoms with Gasteiger partial charge in [-0.15, -0.1) is 11.3 Å². The maximum atomic E-state index is 11.8. The lowest BCUT2D eigenvalue weighted by molar-refractivity contribution is -0.173. The molecule has 1 atom stereocenters. The summed E-state index contributed by atoms with van der Waals surface area (Å²) < 4.78 is 39.9. The summed E-state index contributed by atoms with van der Waals surface area (Å²) in [5, 5.41) is 2.80. The van der Waals surface area contributed by atoms with Gasteiger partial charge >= 0.3 is 6.18 Å². The van der Waals surface area contributed by atoms with E-state index >= 15 is 0 Å². The number of nitrogens with zero attached hydrogens (tertiary/aromatic N) is 1. The molecule has 1 rings (SSSR count). The van der Waals surface area contributed by atoms with E-state index in [2.05, 4.69) is 23.6 Å². The third-order valence-corrected chi connectivity index (χ3v) is 3.34. The molecule has 0 saturated heterocycles. The Bertz CT molecular complexity index is 338. The number of ether oxygens (including phenoxy) is 1. The normalized spacial score (nSPS) is 13.9. The van der Waals surface area contributed by atoms with Crippen molar-refractivity contribution >= 4 is 11.3 Å². The van der Waals surface area contributed by atoms with Crippen LogP contribution in [0.1, 0.15) is 36.9 Å². The molecule has 17 heavy (non-hydrogen) atoms. The summed E-state index contributed by atoms with van der Waals surface area (Å²) in [6, 6.07) is 0. The lowest BCUT2D eigenvalue weighted by Gasteiger charge is -2.06. The van der Waals surface area contributed by atoms with E-state index in [1.54, 1.807) is 0 Å². The fourth-order valence-electron chi connectivity index (χ4n) is 1.22. The number of hydrogen-bond donors (Lipinski definition) is 0. The van der Waals surface area contributed by atoms with Gasteiger partial charge in [0, 0.05) is 11.8 Å². The third kappa shape index (κ3) is 5.50. The molecule has 2 nitrogen and oxygen atoms in total. The highest BCUT2D eigenvalue weighted by Crippen LogP contribution is 2.21. The first-order valence-electron chi connectivity index (χ1n) is 5.51. The Morgan fingerprint density at radius 3 is 2.76 bits per heavy atom. The second-order valence-electron chi connectivity index (χ2n) is 3.89. The van der Waals surface area contributed by atoms with Crippen LogP contribution in [-0.4, -0.2) is 24.4 Å². The van der Waals surface area contributed by atoms with E-state index in [9.17, 15) is 13.2 Å². The molecule has 0 aliphatic rings. The van der Waals surface area contributed by atoms with Crippen LogP contribution in [0.3, 0.4) is 0 Å². The van der Waals surface area contributed by atoms with Gasteiger partial charge in [0.2, 0.25) is 0 Å². The molecule has 0 aliphatic heterocycles. The first-order chi connectivity index (χ1) is 7.92. The summed E-state index contributed by atoms with van der Waals surface area (Å²) in [6.45, 7) is 3.04. The average Bonchev–Trinajstić information content (AvgIpc) is 2.70. The average molecular weight is 267 g/mol. The van der Waals surface area contributed by atoms with Gasteiger partial charge in [0.25, 0.3) is 0 Å². The van der Waals surface area contributed by atoms with Crippen molar-refractivity contribution in [3.63, 3.8) is 0 Å². The Morgan fingerprint density at radius 2 is 2.18 bits per heavy atom. The molecular formula is C11H16F3NOS. The van der Waals surface area contributed by atoms with Gasteiger partial charge < -0.3 is 4.74 Å². The number of thiazole rings is 1. The van der Waals surface area contributed by atoms with Crippen LogP contribution in [-0.2, 0) is 11.2 Å². The molecule has 1 unspecified atom stereocenters. The summed E-state index contributed by atoms with van der Waals surface area (Å²) in [5.74, 6) is 0.399. The predicted molar refractivity (Wildman–Crippen MR) is 61.4 cm³/mol. The van der Waals surface area contributed by atoms with Crippen molar-refractivity contribution in [3.8, 4) is 0 Å². The number of alkyl halides is 3.